The van der Waals surface area contributed by atoms with Crippen molar-refractivity contribution in [1.29, 1.82) is 0 Å². The van der Waals surface area contributed by atoms with Crippen molar-refractivity contribution in [2.24, 2.45) is 17.3 Å². The Kier molecular flexibility index (Phi) is 5.59. The number of aliphatic hydroxyl groups is 2. The normalized spacial score (nSPS) is 36.1. The van der Waals surface area contributed by atoms with Crippen molar-refractivity contribution >= 4 is 11.8 Å². The highest BCUT2D eigenvalue weighted by Gasteiger charge is 2.66. The van der Waals surface area contributed by atoms with Crippen LogP contribution in [-0.4, -0.2) is 40.3 Å². The molecule has 0 spiro atoms. The van der Waals surface area contributed by atoms with Gasteiger partial charge in [-0.05, 0) is 57.1 Å². The van der Waals surface area contributed by atoms with Crippen LogP contribution in [-0.2, 0) is 14.3 Å². The summed E-state index contributed by atoms with van der Waals surface area (Å²) in [5.41, 5.74) is -1.33. The summed E-state index contributed by atoms with van der Waals surface area (Å²) in [4.78, 5) is 25.3. The van der Waals surface area contributed by atoms with E-state index in [1.807, 2.05) is 13.8 Å². The SMILES string of the molecule is C/C=C(/C)C(=O)O[C@@H]1C=C(CO)CC[C@]2(O)[C@H](C(C)C)CC(=O)[C@]12C. The number of fused-ring (bicyclic) bond motifs is 1. The summed E-state index contributed by atoms with van der Waals surface area (Å²) >= 11 is 0. The number of carbonyl (C=O) groups excluding carboxylic acids is 2. The molecule has 2 aliphatic carbocycles. The van der Waals surface area contributed by atoms with Gasteiger partial charge < -0.3 is 14.9 Å². The van der Waals surface area contributed by atoms with E-state index in [4.69, 9.17) is 4.74 Å². The summed E-state index contributed by atoms with van der Waals surface area (Å²) in [5, 5.41) is 21.2. The second-order valence-corrected chi connectivity index (χ2v) is 7.89. The Bertz CT molecular complexity index is 618. The molecule has 0 aromatic rings. The molecule has 5 heteroatoms. The molecule has 140 valence electrons. The molecule has 1 saturated carbocycles. The number of aliphatic hydroxyl groups excluding tert-OH is 1. The third-order valence-corrected chi connectivity index (χ3v) is 6.28. The van der Waals surface area contributed by atoms with Crippen LogP contribution in [0.4, 0.5) is 0 Å². The molecular weight excluding hydrogens is 320 g/mol. The fourth-order valence-electron chi connectivity index (χ4n) is 4.27. The van der Waals surface area contributed by atoms with E-state index in [0.29, 0.717) is 24.0 Å². The minimum atomic E-state index is -1.26. The van der Waals surface area contributed by atoms with Crippen LogP contribution in [0.5, 0.6) is 0 Å². The Morgan fingerprint density at radius 2 is 2.12 bits per heavy atom. The highest BCUT2D eigenvalue weighted by molar-refractivity contribution is 5.92. The van der Waals surface area contributed by atoms with Crippen LogP contribution in [0, 0.1) is 17.3 Å². The number of allylic oxidation sites excluding steroid dienone is 1. The lowest BCUT2D eigenvalue weighted by Gasteiger charge is -2.44. The van der Waals surface area contributed by atoms with Gasteiger partial charge in [0.2, 0.25) is 0 Å². The van der Waals surface area contributed by atoms with Gasteiger partial charge in [-0.2, -0.15) is 0 Å². The summed E-state index contributed by atoms with van der Waals surface area (Å²) in [5.74, 6) is -0.659. The maximum Gasteiger partial charge on any atom is 0.334 e. The summed E-state index contributed by atoms with van der Waals surface area (Å²) in [7, 11) is 0. The number of hydrogen-bond acceptors (Lipinski definition) is 5. The molecule has 0 saturated heterocycles. The van der Waals surface area contributed by atoms with Crippen molar-refractivity contribution in [3.63, 3.8) is 0 Å². The molecule has 0 radical (unpaired) electrons. The largest absolute Gasteiger partial charge is 0.454 e. The van der Waals surface area contributed by atoms with Crippen LogP contribution in [0.15, 0.2) is 23.3 Å². The van der Waals surface area contributed by atoms with Crippen molar-refractivity contribution in [2.45, 2.75) is 65.6 Å². The number of ketones is 1. The maximum atomic E-state index is 13.0. The van der Waals surface area contributed by atoms with Crippen molar-refractivity contribution in [3.8, 4) is 0 Å². The molecule has 0 heterocycles. The van der Waals surface area contributed by atoms with E-state index < -0.39 is 23.1 Å². The summed E-state index contributed by atoms with van der Waals surface area (Å²) in [6.45, 7) is 8.92. The third-order valence-electron chi connectivity index (χ3n) is 6.28. The van der Waals surface area contributed by atoms with Crippen LogP contribution < -0.4 is 0 Å². The number of ether oxygens (including phenoxy) is 1. The summed E-state index contributed by atoms with van der Waals surface area (Å²) in [6.07, 6.45) is 3.57. The standard InChI is InChI=1S/C20H30O5/c1-6-13(4)18(23)25-17-9-14(11-21)7-8-20(24)15(12(2)3)10-16(22)19(17,20)5/h6,9,12,15,17,21,24H,7-8,10-11H2,1-5H3/b13-6-/t15-,17+,19+,20-/m0/s1. The fourth-order valence-corrected chi connectivity index (χ4v) is 4.27. The predicted molar refractivity (Wildman–Crippen MR) is 94.7 cm³/mol. The zero-order valence-electron chi connectivity index (χ0n) is 15.8. The second-order valence-electron chi connectivity index (χ2n) is 7.89. The van der Waals surface area contributed by atoms with Crippen LogP contribution >= 0.6 is 0 Å². The topological polar surface area (TPSA) is 83.8 Å². The monoisotopic (exact) mass is 350 g/mol. The first-order chi connectivity index (χ1) is 11.6. The first-order valence-electron chi connectivity index (χ1n) is 9.01. The molecule has 4 atom stereocenters. The number of esters is 1. The van der Waals surface area contributed by atoms with Gasteiger partial charge in [0, 0.05) is 12.0 Å². The quantitative estimate of drug-likeness (QED) is 0.462. The lowest BCUT2D eigenvalue weighted by atomic mass is 9.65. The van der Waals surface area contributed by atoms with Gasteiger partial charge in [0.1, 0.15) is 11.9 Å². The molecule has 0 unspecified atom stereocenters. The molecule has 0 aromatic carbocycles. The van der Waals surface area contributed by atoms with Crippen LogP contribution in [0.3, 0.4) is 0 Å². The van der Waals surface area contributed by atoms with Gasteiger partial charge in [0.15, 0.2) is 0 Å². The van der Waals surface area contributed by atoms with Crippen molar-refractivity contribution in [1.82, 2.24) is 0 Å². The van der Waals surface area contributed by atoms with Gasteiger partial charge in [0.05, 0.1) is 17.6 Å². The molecule has 1 fully saturated rings. The van der Waals surface area contributed by atoms with Gasteiger partial charge in [-0.25, -0.2) is 4.79 Å². The zero-order valence-corrected chi connectivity index (χ0v) is 15.8. The minimum Gasteiger partial charge on any atom is -0.454 e. The average Bonchev–Trinajstić information content (AvgIpc) is 2.71. The third kappa shape index (κ3) is 3.08. The van der Waals surface area contributed by atoms with Gasteiger partial charge in [0.25, 0.3) is 0 Å². The predicted octanol–water partition coefficient (Wildman–Crippen LogP) is 2.56. The van der Waals surface area contributed by atoms with Crippen molar-refractivity contribution in [2.75, 3.05) is 6.61 Å². The van der Waals surface area contributed by atoms with Crippen LogP contribution in [0.1, 0.15) is 53.9 Å². The van der Waals surface area contributed by atoms with E-state index in [2.05, 4.69) is 0 Å². The Labute approximate surface area is 149 Å². The van der Waals surface area contributed by atoms with E-state index in [1.165, 1.54) is 0 Å². The van der Waals surface area contributed by atoms with Gasteiger partial charge in [-0.15, -0.1) is 0 Å². The Morgan fingerprint density at radius 1 is 1.48 bits per heavy atom. The summed E-state index contributed by atoms with van der Waals surface area (Å²) in [6, 6.07) is 0. The lowest BCUT2D eigenvalue weighted by molar-refractivity contribution is -0.171. The molecule has 0 aliphatic heterocycles. The fraction of sp³-hybridized carbons (Fsp3) is 0.700. The smallest absolute Gasteiger partial charge is 0.334 e. The van der Waals surface area contributed by atoms with Gasteiger partial charge >= 0.3 is 5.97 Å². The van der Waals surface area contributed by atoms with E-state index in [9.17, 15) is 19.8 Å². The van der Waals surface area contributed by atoms with Gasteiger partial charge in [-0.1, -0.05) is 19.9 Å². The Morgan fingerprint density at radius 3 is 2.64 bits per heavy atom. The number of Topliss-reactive ketones (excluding diaryl/α,β-unsaturated/α-hetero) is 1. The molecule has 5 nitrogen and oxygen atoms in total. The van der Waals surface area contributed by atoms with E-state index in [1.54, 1.807) is 32.9 Å². The molecular formula is C20H30O5. The van der Waals surface area contributed by atoms with E-state index >= 15 is 0 Å². The first kappa shape index (κ1) is 19.9. The zero-order chi connectivity index (χ0) is 19.0. The molecule has 0 amide bonds. The molecule has 25 heavy (non-hydrogen) atoms. The molecule has 2 aliphatic rings. The van der Waals surface area contributed by atoms with E-state index in [0.717, 1.165) is 0 Å². The first-order valence-corrected chi connectivity index (χ1v) is 9.01. The summed E-state index contributed by atoms with van der Waals surface area (Å²) < 4.78 is 5.66. The Balaban J connectivity index is 2.53. The maximum absolute atomic E-state index is 13.0. The molecule has 0 bridgehead atoms. The van der Waals surface area contributed by atoms with Crippen molar-refractivity contribution in [3.05, 3.63) is 23.3 Å². The minimum absolute atomic E-state index is 0.0833. The number of hydrogen-bond donors (Lipinski definition) is 2. The molecule has 2 rings (SSSR count). The number of carbonyl (C=O) groups is 2. The van der Waals surface area contributed by atoms with Crippen LogP contribution in [0.25, 0.3) is 0 Å². The van der Waals surface area contributed by atoms with E-state index in [-0.39, 0.29) is 30.6 Å². The highest BCUT2D eigenvalue weighted by Crippen LogP contribution is 2.56. The van der Waals surface area contributed by atoms with Crippen molar-refractivity contribution < 1.29 is 24.5 Å². The molecule has 0 aromatic heterocycles. The number of rotatable bonds is 4. The highest BCUT2D eigenvalue weighted by atomic mass is 16.5. The van der Waals surface area contributed by atoms with Crippen LogP contribution in [0.2, 0.25) is 0 Å². The lowest BCUT2D eigenvalue weighted by Crippen LogP contribution is -2.56. The molecule has 2 N–H and O–H groups in total. The van der Waals surface area contributed by atoms with Gasteiger partial charge in [-0.3, -0.25) is 4.79 Å². The Hall–Kier alpha value is -1.46. The second kappa shape index (κ2) is 7.04. The average molecular weight is 350 g/mol.